The van der Waals surface area contributed by atoms with Crippen LogP contribution in [0.25, 0.3) is 0 Å². The maximum atomic E-state index is 12.5. The zero-order valence-electron chi connectivity index (χ0n) is 18.4. The summed E-state index contributed by atoms with van der Waals surface area (Å²) in [5.41, 5.74) is -0.751. The van der Waals surface area contributed by atoms with Crippen LogP contribution in [0.4, 0.5) is 0 Å². The van der Waals surface area contributed by atoms with Crippen LogP contribution in [0.2, 0.25) is 0 Å². The Hall–Kier alpha value is -1.32. The molecular weight excluding hydrogens is 352 g/mol. The average Bonchev–Trinajstić information content (AvgIpc) is 2.72. The summed E-state index contributed by atoms with van der Waals surface area (Å²) in [5, 5.41) is 0. The quantitative estimate of drug-likeness (QED) is 0.368. The van der Waals surface area contributed by atoms with Gasteiger partial charge >= 0.3 is 11.9 Å². The summed E-state index contributed by atoms with van der Waals surface area (Å²) in [6.07, 6.45) is 14.9. The van der Waals surface area contributed by atoms with E-state index in [1.807, 2.05) is 0 Å². The lowest BCUT2D eigenvalue weighted by atomic mass is 9.72. The van der Waals surface area contributed by atoms with Crippen molar-refractivity contribution in [1.29, 1.82) is 0 Å². The Kier molecular flexibility index (Phi) is 8.57. The molecule has 28 heavy (non-hydrogen) atoms. The van der Waals surface area contributed by atoms with Crippen molar-refractivity contribution in [3.05, 3.63) is 12.2 Å². The number of esters is 2. The molecule has 0 amide bonds. The molecule has 0 bridgehead atoms. The lowest BCUT2D eigenvalue weighted by Gasteiger charge is -2.43. The highest BCUT2D eigenvalue weighted by Gasteiger charge is 2.42. The van der Waals surface area contributed by atoms with Crippen LogP contribution < -0.4 is 0 Å². The molecule has 0 aromatic rings. The first kappa shape index (κ1) is 23.0. The van der Waals surface area contributed by atoms with Crippen molar-refractivity contribution < 1.29 is 19.1 Å². The van der Waals surface area contributed by atoms with Gasteiger partial charge in [-0.1, -0.05) is 40.5 Å². The molecule has 0 N–H and O–H groups in total. The van der Waals surface area contributed by atoms with Gasteiger partial charge in [-0.3, -0.25) is 0 Å². The molecule has 0 aromatic carbocycles. The Balaban J connectivity index is 1.99. The number of hydrogen-bond acceptors (Lipinski definition) is 4. The van der Waals surface area contributed by atoms with E-state index >= 15 is 0 Å². The Bertz CT molecular complexity index is 507. The molecule has 4 heteroatoms. The molecule has 2 fully saturated rings. The van der Waals surface area contributed by atoms with Gasteiger partial charge in [-0.05, 0) is 76.0 Å². The number of hydrogen-bond donors (Lipinski definition) is 0. The summed E-state index contributed by atoms with van der Waals surface area (Å²) in [5.74, 6) is -0.0151. The SMILES string of the molecule is CCC1CCCCC1(CC)OC(=O)/C=C/C(=O)OC1(CC)CCCCC1CC. The minimum atomic E-state index is -0.416. The second-order valence-electron chi connectivity index (χ2n) is 8.71. The van der Waals surface area contributed by atoms with Crippen molar-refractivity contribution in [3.63, 3.8) is 0 Å². The molecule has 2 aliphatic carbocycles. The first-order valence-corrected chi connectivity index (χ1v) is 11.6. The summed E-state index contributed by atoms with van der Waals surface area (Å²) in [4.78, 5) is 25.0. The fourth-order valence-corrected chi connectivity index (χ4v) is 5.67. The smallest absolute Gasteiger partial charge is 0.331 e. The van der Waals surface area contributed by atoms with Gasteiger partial charge < -0.3 is 9.47 Å². The van der Waals surface area contributed by atoms with E-state index in [4.69, 9.17) is 9.47 Å². The van der Waals surface area contributed by atoms with Crippen molar-refractivity contribution in [3.8, 4) is 0 Å². The Morgan fingerprint density at radius 2 is 1.14 bits per heavy atom. The molecule has 4 nitrogen and oxygen atoms in total. The van der Waals surface area contributed by atoms with E-state index in [-0.39, 0.29) is 11.2 Å². The van der Waals surface area contributed by atoms with Crippen molar-refractivity contribution in [2.45, 2.75) is 116 Å². The molecule has 4 atom stereocenters. The van der Waals surface area contributed by atoms with E-state index in [0.717, 1.165) is 64.2 Å². The van der Waals surface area contributed by atoms with Gasteiger partial charge in [0.15, 0.2) is 0 Å². The lowest BCUT2D eigenvalue weighted by Crippen LogP contribution is -2.44. The molecule has 2 aliphatic rings. The van der Waals surface area contributed by atoms with Gasteiger partial charge in [0.2, 0.25) is 0 Å². The highest BCUT2D eigenvalue weighted by molar-refractivity contribution is 5.92. The van der Waals surface area contributed by atoms with Crippen LogP contribution in [0, 0.1) is 11.8 Å². The van der Waals surface area contributed by atoms with Crippen molar-refractivity contribution in [2.24, 2.45) is 11.8 Å². The summed E-state index contributed by atoms with van der Waals surface area (Å²) < 4.78 is 11.9. The van der Waals surface area contributed by atoms with Gasteiger partial charge in [-0.25, -0.2) is 9.59 Å². The van der Waals surface area contributed by atoms with E-state index in [2.05, 4.69) is 27.7 Å². The van der Waals surface area contributed by atoms with Crippen LogP contribution in [0.5, 0.6) is 0 Å². The minimum Gasteiger partial charge on any atom is -0.456 e. The van der Waals surface area contributed by atoms with Crippen molar-refractivity contribution in [2.75, 3.05) is 0 Å². The maximum Gasteiger partial charge on any atom is 0.331 e. The Morgan fingerprint density at radius 3 is 1.46 bits per heavy atom. The topological polar surface area (TPSA) is 52.6 Å². The Labute approximate surface area is 171 Å². The summed E-state index contributed by atoms with van der Waals surface area (Å²) in [6.45, 7) is 8.52. The first-order valence-electron chi connectivity index (χ1n) is 11.6. The van der Waals surface area contributed by atoms with Gasteiger partial charge in [0, 0.05) is 12.2 Å². The molecule has 0 aliphatic heterocycles. The molecule has 4 unspecified atom stereocenters. The normalized spacial score (nSPS) is 33.6. The van der Waals surface area contributed by atoms with E-state index in [1.54, 1.807) is 0 Å². The first-order chi connectivity index (χ1) is 13.4. The third-order valence-corrected chi connectivity index (χ3v) is 7.44. The van der Waals surface area contributed by atoms with Gasteiger partial charge in [0.1, 0.15) is 11.2 Å². The minimum absolute atomic E-state index is 0.375. The molecule has 0 heterocycles. The van der Waals surface area contributed by atoms with E-state index in [1.165, 1.54) is 25.0 Å². The molecule has 2 rings (SSSR count). The standard InChI is InChI=1S/C24H40O4/c1-5-19-13-9-11-17-23(19,7-3)27-21(25)15-16-22(26)28-24(8-4)18-12-10-14-20(24)6-2/h15-16,19-20H,5-14,17-18H2,1-4H3/b16-15+. The Morgan fingerprint density at radius 1 is 0.750 bits per heavy atom. The number of ether oxygens (including phenoxy) is 2. The zero-order chi connectivity index (χ0) is 20.6. The fourth-order valence-electron chi connectivity index (χ4n) is 5.67. The van der Waals surface area contributed by atoms with E-state index in [9.17, 15) is 9.59 Å². The predicted octanol–water partition coefficient (Wildman–Crippen LogP) is 6.13. The number of carbonyl (C=O) groups is 2. The molecule has 0 radical (unpaired) electrons. The van der Waals surface area contributed by atoms with Crippen LogP contribution in [0.15, 0.2) is 12.2 Å². The number of carbonyl (C=O) groups excluding carboxylic acids is 2. The van der Waals surface area contributed by atoms with Crippen LogP contribution in [-0.2, 0) is 19.1 Å². The summed E-state index contributed by atoms with van der Waals surface area (Å²) >= 11 is 0. The molecule has 0 saturated heterocycles. The van der Waals surface area contributed by atoms with Crippen LogP contribution in [-0.4, -0.2) is 23.1 Å². The summed E-state index contributed by atoms with van der Waals surface area (Å²) in [7, 11) is 0. The summed E-state index contributed by atoms with van der Waals surface area (Å²) in [6, 6.07) is 0. The van der Waals surface area contributed by atoms with Crippen LogP contribution >= 0.6 is 0 Å². The predicted molar refractivity (Wildman–Crippen MR) is 112 cm³/mol. The highest BCUT2D eigenvalue weighted by atomic mass is 16.6. The largest absolute Gasteiger partial charge is 0.456 e. The third-order valence-electron chi connectivity index (χ3n) is 7.44. The second kappa shape index (κ2) is 10.5. The van der Waals surface area contributed by atoms with E-state index in [0.29, 0.717) is 11.8 Å². The van der Waals surface area contributed by atoms with Crippen LogP contribution in [0.3, 0.4) is 0 Å². The zero-order valence-corrected chi connectivity index (χ0v) is 18.4. The average molecular weight is 393 g/mol. The third kappa shape index (κ3) is 5.18. The fraction of sp³-hybridized carbons (Fsp3) is 0.833. The molecule has 0 aromatic heterocycles. The molecule has 160 valence electrons. The highest BCUT2D eigenvalue weighted by Crippen LogP contribution is 2.42. The molecule has 0 spiro atoms. The lowest BCUT2D eigenvalue weighted by molar-refractivity contribution is -0.168. The van der Waals surface area contributed by atoms with E-state index < -0.39 is 11.9 Å². The maximum absolute atomic E-state index is 12.5. The van der Waals surface area contributed by atoms with Gasteiger partial charge in [0.05, 0.1) is 0 Å². The van der Waals surface area contributed by atoms with Gasteiger partial charge in [-0.2, -0.15) is 0 Å². The van der Waals surface area contributed by atoms with Crippen molar-refractivity contribution >= 4 is 11.9 Å². The van der Waals surface area contributed by atoms with Crippen molar-refractivity contribution in [1.82, 2.24) is 0 Å². The van der Waals surface area contributed by atoms with Crippen LogP contribution in [0.1, 0.15) is 105 Å². The second-order valence-corrected chi connectivity index (χ2v) is 8.71. The van der Waals surface area contributed by atoms with Gasteiger partial charge in [-0.15, -0.1) is 0 Å². The number of rotatable bonds is 8. The molecule has 2 saturated carbocycles. The monoisotopic (exact) mass is 392 g/mol. The van der Waals surface area contributed by atoms with Gasteiger partial charge in [0.25, 0.3) is 0 Å². The molecular formula is C24H40O4.